The molecule has 0 bridgehead atoms. The van der Waals surface area contributed by atoms with Crippen LogP contribution in [-0.4, -0.2) is 38.5 Å². The molecule has 0 aliphatic carbocycles. The molecular weight excluding hydrogens is 232 g/mol. The zero-order chi connectivity index (χ0) is 13.2. The van der Waals surface area contributed by atoms with Crippen molar-refractivity contribution < 1.29 is 14.2 Å². The second-order valence-corrected chi connectivity index (χ2v) is 3.89. The van der Waals surface area contributed by atoms with Crippen LogP contribution in [0.25, 0.3) is 0 Å². The van der Waals surface area contributed by atoms with Crippen LogP contribution in [0.15, 0.2) is 18.3 Å². The number of ether oxygens (including phenoxy) is 3. The molecule has 0 spiro atoms. The molecule has 1 aromatic heterocycles. The van der Waals surface area contributed by atoms with Crippen molar-refractivity contribution in [3.05, 3.63) is 24.0 Å². The van der Waals surface area contributed by atoms with Gasteiger partial charge in [0.1, 0.15) is 12.4 Å². The minimum atomic E-state index is -0.00331. The molecule has 1 atom stereocenters. The molecule has 0 saturated heterocycles. The Hall–Kier alpha value is -1.17. The Labute approximate surface area is 108 Å². The quantitative estimate of drug-likeness (QED) is 0.677. The largest absolute Gasteiger partial charge is 0.490 e. The fourth-order valence-electron chi connectivity index (χ4n) is 1.37. The van der Waals surface area contributed by atoms with Crippen LogP contribution < -0.4 is 10.5 Å². The Balaban J connectivity index is 2.22. The van der Waals surface area contributed by atoms with Gasteiger partial charge in [-0.15, -0.1) is 0 Å². The van der Waals surface area contributed by atoms with Gasteiger partial charge in [-0.05, 0) is 18.6 Å². The number of rotatable bonds is 9. The predicted molar refractivity (Wildman–Crippen MR) is 69.6 cm³/mol. The molecule has 5 heteroatoms. The third-order valence-electron chi connectivity index (χ3n) is 2.51. The van der Waals surface area contributed by atoms with Crippen molar-refractivity contribution in [2.24, 2.45) is 5.73 Å². The summed E-state index contributed by atoms with van der Waals surface area (Å²) in [7, 11) is 1.65. The number of hydrogen-bond donors (Lipinski definition) is 1. The van der Waals surface area contributed by atoms with Crippen LogP contribution in [0, 0.1) is 0 Å². The molecule has 2 N–H and O–H groups in total. The van der Waals surface area contributed by atoms with Gasteiger partial charge in [0.15, 0.2) is 0 Å². The standard InChI is InChI=1S/C13H22N2O3/c1-3-12(14)13-5-4-11(10-15-13)18-9-8-17-7-6-16-2/h4-5,10,12H,3,6-9,14H2,1-2H3/t12-/m1/s1. The Kier molecular flexibility index (Phi) is 7.32. The Bertz CT molecular complexity index is 317. The number of nitrogens with two attached hydrogens (primary N) is 1. The van der Waals surface area contributed by atoms with Gasteiger partial charge in [0.05, 0.1) is 31.7 Å². The maximum atomic E-state index is 5.88. The smallest absolute Gasteiger partial charge is 0.137 e. The van der Waals surface area contributed by atoms with Crippen molar-refractivity contribution in [1.29, 1.82) is 0 Å². The molecule has 102 valence electrons. The van der Waals surface area contributed by atoms with Crippen molar-refractivity contribution in [2.75, 3.05) is 33.5 Å². The molecule has 18 heavy (non-hydrogen) atoms. The first-order chi connectivity index (χ1) is 8.77. The summed E-state index contributed by atoms with van der Waals surface area (Å²) in [6.07, 6.45) is 2.57. The van der Waals surface area contributed by atoms with E-state index in [0.717, 1.165) is 17.9 Å². The van der Waals surface area contributed by atoms with Gasteiger partial charge in [0, 0.05) is 13.2 Å². The summed E-state index contributed by atoms with van der Waals surface area (Å²) in [4.78, 5) is 4.27. The van der Waals surface area contributed by atoms with Gasteiger partial charge >= 0.3 is 0 Å². The SMILES string of the molecule is CC[C@@H](N)c1ccc(OCCOCCOC)cn1. The van der Waals surface area contributed by atoms with Crippen LogP contribution >= 0.6 is 0 Å². The summed E-state index contributed by atoms with van der Waals surface area (Å²) < 4.78 is 15.6. The van der Waals surface area contributed by atoms with E-state index in [-0.39, 0.29) is 6.04 Å². The van der Waals surface area contributed by atoms with Gasteiger partial charge in [-0.2, -0.15) is 0 Å². The molecule has 0 aliphatic heterocycles. The lowest BCUT2D eigenvalue weighted by Gasteiger charge is -2.10. The summed E-state index contributed by atoms with van der Waals surface area (Å²) in [6.45, 7) is 4.27. The molecule has 0 aromatic carbocycles. The first-order valence-corrected chi connectivity index (χ1v) is 6.19. The van der Waals surface area contributed by atoms with Gasteiger partial charge in [-0.1, -0.05) is 6.92 Å². The summed E-state index contributed by atoms with van der Waals surface area (Å²) in [6, 6.07) is 3.78. The van der Waals surface area contributed by atoms with E-state index < -0.39 is 0 Å². The average molecular weight is 254 g/mol. The monoisotopic (exact) mass is 254 g/mol. The molecule has 0 fully saturated rings. The van der Waals surface area contributed by atoms with Crippen molar-refractivity contribution in [3.63, 3.8) is 0 Å². The Morgan fingerprint density at radius 3 is 2.61 bits per heavy atom. The van der Waals surface area contributed by atoms with Crippen molar-refractivity contribution >= 4 is 0 Å². The van der Waals surface area contributed by atoms with E-state index in [1.807, 2.05) is 19.1 Å². The number of hydrogen-bond acceptors (Lipinski definition) is 5. The van der Waals surface area contributed by atoms with Crippen LogP contribution in [0.1, 0.15) is 25.1 Å². The van der Waals surface area contributed by atoms with Crippen LogP contribution in [0.2, 0.25) is 0 Å². The van der Waals surface area contributed by atoms with Crippen LogP contribution in [-0.2, 0) is 9.47 Å². The van der Waals surface area contributed by atoms with Gasteiger partial charge in [-0.3, -0.25) is 4.98 Å². The van der Waals surface area contributed by atoms with E-state index in [0.29, 0.717) is 26.4 Å². The minimum Gasteiger partial charge on any atom is -0.490 e. The van der Waals surface area contributed by atoms with Crippen LogP contribution in [0.4, 0.5) is 0 Å². The lowest BCUT2D eigenvalue weighted by molar-refractivity contribution is 0.0543. The van der Waals surface area contributed by atoms with E-state index in [1.54, 1.807) is 13.3 Å². The molecule has 0 unspecified atom stereocenters. The van der Waals surface area contributed by atoms with Crippen molar-refractivity contribution in [2.45, 2.75) is 19.4 Å². The first-order valence-electron chi connectivity index (χ1n) is 6.19. The van der Waals surface area contributed by atoms with E-state index in [9.17, 15) is 0 Å². The van der Waals surface area contributed by atoms with E-state index in [1.165, 1.54) is 0 Å². The fourth-order valence-corrected chi connectivity index (χ4v) is 1.37. The van der Waals surface area contributed by atoms with Crippen molar-refractivity contribution in [3.8, 4) is 5.75 Å². The Morgan fingerprint density at radius 1 is 1.22 bits per heavy atom. The van der Waals surface area contributed by atoms with Gasteiger partial charge < -0.3 is 19.9 Å². The third-order valence-corrected chi connectivity index (χ3v) is 2.51. The molecule has 5 nitrogen and oxygen atoms in total. The molecule has 0 radical (unpaired) electrons. The van der Waals surface area contributed by atoms with Gasteiger partial charge in [0.2, 0.25) is 0 Å². The molecule has 1 aromatic rings. The third kappa shape index (κ3) is 5.44. The number of nitrogens with zero attached hydrogens (tertiary/aromatic N) is 1. The fraction of sp³-hybridized carbons (Fsp3) is 0.615. The molecule has 0 amide bonds. The summed E-state index contributed by atoms with van der Waals surface area (Å²) in [5, 5.41) is 0. The molecule has 0 aliphatic rings. The van der Waals surface area contributed by atoms with Gasteiger partial charge in [-0.25, -0.2) is 0 Å². The highest BCUT2D eigenvalue weighted by atomic mass is 16.5. The zero-order valence-electron chi connectivity index (χ0n) is 11.1. The van der Waals surface area contributed by atoms with Crippen molar-refractivity contribution in [1.82, 2.24) is 4.98 Å². The zero-order valence-corrected chi connectivity index (χ0v) is 11.1. The second-order valence-electron chi connectivity index (χ2n) is 3.89. The van der Waals surface area contributed by atoms with Crippen LogP contribution in [0.3, 0.4) is 0 Å². The molecule has 0 saturated carbocycles. The van der Waals surface area contributed by atoms with E-state index >= 15 is 0 Å². The lowest BCUT2D eigenvalue weighted by Crippen LogP contribution is -2.12. The summed E-state index contributed by atoms with van der Waals surface area (Å²) in [5.74, 6) is 0.734. The summed E-state index contributed by atoms with van der Waals surface area (Å²) in [5.41, 5.74) is 6.77. The lowest BCUT2D eigenvalue weighted by atomic mass is 10.1. The predicted octanol–water partition coefficient (Wildman–Crippen LogP) is 1.53. The van der Waals surface area contributed by atoms with E-state index in [4.69, 9.17) is 19.9 Å². The second kappa shape index (κ2) is 8.85. The maximum Gasteiger partial charge on any atom is 0.137 e. The number of aromatic nitrogens is 1. The Morgan fingerprint density at radius 2 is 2.00 bits per heavy atom. The average Bonchev–Trinajstić information content (AvgIpc) is 2.42. The number of pyridine rings is 1. The maximum absolute atomic E-state index is 5.88. The first kappa shape index (κ1) is 14.9. The van der Waals surface area contributed by atoms with Crippen LogP contribution in [0.5, 0.6) is 5.75 Å². The highest BCUT2D eigenvalue weighted by Crippen LogP contribution is 2.14. The van der Waals surface area contributed by atoms with Gasteiger partial charge in [0.25, 0.3) is 0 Å². The highest BCUT2D eigenvalue weighted by molar-refractivity contribution is 5.21. The number of methoxy groups -OCH3 is 1. The topological polar surface area (TPSA) is 66.6 Å². The minimum absolute atomic E-state index is 0.00331. The normalized spacial score (nSPS) is 12.4. The summed E-state index contributed by atoms with van der Waals surface area (Å²) >= 11 is 0. The molecule has 1 rings (SSSR count). The molecule has 1 heterocycles. The highest BCUT2D eigenvalue weighted by Gasteiger charge is 2.04. The molecular formula is C13H22N2O3. The van der Waals surface area contributed by atoms with E-state index in [2.05, 4.69) is 4.98 Å².